The molecule has 2 aliphatic rings. The number of carbonyl (C=O) groups is 2. The molecule has 0 spiro atoms. The molecule has 17 heteroatoms. The molecule has 0 unspecified atom stereocenters. The Kier molecular flexibility index (Phi) is 14.8. The number of amides is 2. The van der Waals surface area contributed by atoms with Gasteiger partial charge in [-0.25, -0.2) is 38.6 Å². The van der Waals surface area contributed by atoms with E-state index in [1.165, 1.54) is 34.4 Å². The summed E-state index contributed by atoms with van der Waals surface area (Å²) in [5.74, 6) is -0.985. The molecule has 4 aromatic heterocycles. The third kappa shape index (κ3) is 11.7. The van der Waals surface area contributed by atoms with Gasteiger partial charge >= 0.3 is 0 Å². The first-order valence-electron chi connectivity index (χ1n) is 21.2. The average Bonchev–Trinajstić information content (AvgIpc) is 3.80. The topological polar surface area (TPSA) is 113 Å². The van der Waals surface area contributed by atoms with E-state index in [9.17, 15) is 18.4 Å². The van der Waals surface area contributed by atoms with Crippen LogP contribution in [0, 0.1) is 11.6 Å². The minimum atomic E-state index is -1.16. The smallest absolute Gasteiger partial charge is 0.296 e. The molecule has 0 radical (unpaired) electrons. The number of nitrogens with zero attached hydrogens (tertiary/aromatic N) is 6. The summed E-state index contributed by atoms with van der Waals surface area (Å²) in [6.45, 7) is 17.3. The number of carbonyl (C=O) groups excluding carboxylic acids is 2. The Bertz CT molecular complexity index is 2560. The second-order valence-electron chi connectivity index (χ2n) is 18.3. The van der Waals surface area contributed by atoms with Crippen molar-refractivity contribution in [3.05, 3.63) is 129 Å². The van der Waals surface area contributed by atoms with Gasteiger partial charge in [0.25, 0.3) is 11.8 Å². The zero-order valence-electron chi connectivity index (χ0n) is 36.8. The SMILES string of the molecule is C[Si](C)(C)CCOCON1CCc2c(ncc3c2c(Br)cn3Cc2ccc(F)cc2)C1=O.C[Si](C)(C)CCOCON1CCc2c(ncc3c2ccn3Cc2ccc(F)cc2)C1=O. The summed E-state index contributed by atoms with van der Waals surface area (Å²) < 4.78 is 42.5. The molecule has 0 fully saturated rings. The van der Waals surface area contributed by atoms with Crippen molar-refractivity contribution in [2.24, 2.45) is 0 Å². The van der Waals surface area contributed by atoms with Crippen molar-refractivity contribution >= 4 is 65.7 Å². The van der Waals surface area contributed by atoms with Gasteiger partial charge < -0.3 is 18.6 Å². The molecule has 0 aliphatic carbocycles. The summed E-state index contributed by atoms with van der Waals surface area (Å²) in [6, 6.07) is 17.1. The number of pyridine rings is 2. The van der Waals surface area contributed by atoms with Crippen molar-refractivity contribution in [3.63, 3.8) is 0 Å². The van der Waals surface area contributed by atoms with Crippen LogP contribution in [0.15, 0.2) is 83.9 Å². The molecule has 8 rings (SSSR count). The average molecular weight is 962 g/mol. The maximum Gasteiger partial charge on any atom is 0.296 e. The number of ether oxygens (including phenoxy) is 2. The molecule has 6 heterocycles. The van der Waals surface area contributed by atoms with Gasteiger partial charge in [-0.2, -0.15) is 0 Å². The largest absolute Gasteiger partial charge is 0.353 e. The number of hydrogen-bond donors (Lipinski definition) is 0. The summed E-state index contributed by atoms with van der Waals surface area (Å²) >= 11 is 3.65. The Morgan fingerprint density at radius 3 is 1.65 bits per heavy atom. The van der Waals surface area contributed by atoms with Crippen LogP contribution < -0.4 is 0 Å². The van der Waals surface area contributed by atoms with Gasteiger partial charge in [0.1, 0.15) is 23.0 Å². The molecule has 6 aromatic rings. The summed E-state index contributed by atoms with van der Waals surface area (Å²) in [5, 5.41) is 4.70. The van der Waals surface area contributed by atoms with Gasteiger partial charge in [0, 0.05) is 70.1 Å². The fourth-order valence-electron chi connectivity index (χ4n) is 7.41. The molecule has 2 aliphatic heterocycles. The van der Waals surface area contributed by atoms with E-state index in [1.54, 1.807) is 36.7 Å². The van der Waals surface area contributed by atoms with Crippen LogP contribution in [0.25, 0.3) is 21.8 Å². The van der Waals surface area contributed by atoms with E-state index in [4.69, 9.17) is 19.1 Å². The molecular formula is C46H55BrF2N6O6Si2. The van der Waals surface area contributed by atoms with Gasteiger partial charge in [0.2, 0.25) is 0 Å². The van der Waals surface area contributed by atoms with E-state index in [2.05, 4.69) is 74.3 Å². The Morgan fingerprint density at radius 1 is 0.651 bits per heavy atom. The van der Waals surface area contributed by atoms with Gasteiger partial charge in [-0.15, -0.1) is 0 Å². The lowest BCUT2D eigenvalue weighted by Crippen LogP contribution is -2.39. The van der Waals surface area contributed by atoms with Crippen molar-refractivity contribution in [1.82, 2.24) is 29.2 Å². The zero-order chi connectivity index (χ0) is 44.9. The summed E-state index contributed by atoms with van der Waals surface area (Å²) in [6.07, 6.45) is 8.71. The van der Waals surface area contributed by atoms with Crippen molar-refractivity contribution in [1.29, 1.82) is 0 Å². The molecule has 63 heavy (non-hydrogen) atoms. The highest BCUT2D eigenvalue weighted by Crippen LogP contribution is 2.34. The van der Waals surface area contributed by atoms with Crippen molar-refractivity contribution in [2.45, 2.75) is 77.3 Å². The number of fused-ring (bicyclic) bond motifs is 6. The Hall–Kier alpha value is -4.63. The number of hydrogen-bond acceptors (Lipinski definition) is 8. The van der Waals surface area contributed by atoms with E-state index in [-0.39, 0.29) is 37.0 Å². The standard InChI is InChI=1S/C23H27BrFN3O3Si.C23H28FN3O3Si/c1-32(2,3)11-10-30-15-31-28-9-8-18-21-19(24)14-27(13-16-4-6-17(25)7-5-16)20(21)12-26-22(18)23(28)29;1-31(2,3)13-12-29-16-30-27-11-9-20-19-8-10-26(15-17-4-6-18(24)7-5-17)21(19)14-25-22(20)23(27)28/h4-7,12,14H,8-11,13,15H2,1-3H3;4-8,10,14H,9,11-13,15-16H2,1-3H3. The first kappa shape index (κ1) is 46.4. The van der Waals surface area contributed by atoms with Gasteiger partial charge in [0.15, 0.2) is 13.6 Å². The van der Waals surface area contributed by atoms with Crippen molar-refractivity contribution < 1.29 is 37.5 Å². The van der Waals surface area contributed by atoms with Gasteiger partial charge in [-0.1, -0.05) is 63.5 Å². The predicted octanol–water partition coefficient (Wildman–Crippen LogP) is 9.69. The number of halogens is 3. The predicted molar refractivity (Wildman–Crippen MR) is 248 cm³/mol. The monoisotopic (exact) mass is 960 g/mol. The van der Waals surface area contributed by atoms with Crippen LogP contribution in [0.4, 0.5) is 8.78 Å². The molecular weight excluding hydrogens is 907 g/mol. The zero-order valence-corrected chi connectivity index (χ0v) is 40.3. The van der Waals surface area contributed by atoms with E-state index in [0.29, 0.717) is 63.6 Å². The maximum atomic E-state index is 13.2. The molecule has 0 saturated heterocycles. The minimum absolute atomic E-state index is 0.0611. The molecule has 0 N–H and O–H groups in total. The third-order valence-electron chi connectivity index (χ3n) is 11.0. The third-order valence-corrected chi connectivity index (χ3v) is 15.0. The van der Waals surface area contributed by atoms with E-state index < -0.39 is 16.1 Å². The highest BCUT2D eigenvalue weighted by molar-refractivity contribution is 9.10. The molecule has 334 valence electrons. The number of hydroxylamine groups is 4. The molecule has 2 aromatic carbocycles. The van der Waals surface area contributed by atoms with E-state index >= 15 is 0 Å². The van der Waals surface area contributed by atoms with Gasteiger partial charge in [-0.3, -0.25) is 9.59 Å². The minimum Gasteiger partial charge on any atom is -0.353 e. The van der Waals surface area contributed by atoms with Gasteiger partial charge in [0.05, 0.1) is 36.5 Å². The van der Waals surface area contributed by atoms with Crippen molar-refractivity contribution in [3.8, 4) is 0 Å². The van der Waals surface area contributed by atoms with E-state index in [0.717, 1.165) is 60.6 Å². The number of benzene rings is 2. The van der Waals surface area contributed by atoms with Crippen LogP contribution in [-0.2, 0) is 45.1 Å². The normalized spacial score (nSPS) is 14.3. The number of rotatable bonds is 16. The lowest BCUT2D eigenvalue weighted by Gasteiger charge is -2.27. The quantitative estimate of drug-likeness (QED) is 0.0536. The summed E-state index contributed by atoms with van der Waals surface area (Å²) in [5.41, 5.74) is 6.57. The Balaban J connectivity index is 0.000000189. The first-order valence-corrected chi connectivity index (χ1v) is 29.4. The van der Waals surface area contributed by atoms with Crippen LogP contribution in [0.1, 0.15) is 43.2 Å². The van der Waals surface area contributed by atoms with Crippen LogP contribution >= 0.6 is 15.9 Å². The van der Waals surface area contributed by atoms with Crippen LogP contribution in [-0.4, -0.2) is 97.1 Å². The molecule has 0 bridgehead atoms. The first-order chi connectivity index (χ1) is 30.0. The van der Waals surface area contributed by atoms with Gasteiger partial charge in [-0.05, 0) is 93.4 Å². The van der Waals surface area contributed by atoms with Crippen molar-refractivity contribution in [2.75, 3.05) is 39.9 Å². The summed E-state index contributed by atoms with van der Waals surface area (Å²) in [7, 11) is -2.31. The molecule has 12 nitrogen and oxygen atoms in total. The van der Waals surface area contributed by atoms with Crippen LogP contribution in [0.3, 0.4) is 0 Å². The Morgan fingerprint density at radius 2 is 1.13 bits per heavy atom. The number of aromatic nitrogens is 4. The second-order valence-corrected chi connectivity index (χ2v) is 30.4. The highest BCUT2D eigenvalue weighted by Gasteiger charge is 2.31. The molecule has 0 atom stereocenters. The lowest BCUT2D eigenvalue weighted by atomic mass is 10.0. The van der Waals surface area contributed by atoms with Crippen LogP contribution in [0.5, 0.6) is 0 Å². The summed E-state index contributed by atoms with van der Waals surface area (Å²) in [4.78, 5) is 45.9. The fraction of sp³-hybridized carbons (Fsp3) is 0.391. The highest BCUT2D eigenvalue weighted by atomic mass is 79.9. The lowest BCUT2D eigenvalue weighted by molar-refractivity contribution is -0.195. The Labute approximate surface area is 377 Å². The van der Waals surface area contributed by atoms with E-state index in [1.807, 2.05) is 18.5 Å². The second kappa shape index (κ2) is 20.0. The molecule has 2 amide bonds. The molecule has 0 saturated carbocycles. The van der Waals surface area contributed by atoms with Crippen LogP contribution in [0.2, 0.25) is 51.4 Å². The fourth-order valence-corrected chi connectivity index (χ4v) is 9.61. The maximum absolute atomic E-state index is 13.2.